The monoisotopic (exact) mass is 396 g/mol. The fraction of sp³-hybridized carbons (Fsp3) is 0.105. The molecule has 3 N–H and O–H groups in total. The Labute approximate surface area is 164 Å². The van der Waals surface area contributed by atoms with Crippen molar-refractivity contribution in [3.8, 4) is 5.75 Å². The van der Waals surface area contributed by atoms with Gasteiger partial charge in [0.05, 0.1) is 4.92 Å². The molecule has 1 fully saturated rings. The summed E-state index contributed by atoms with van der Waals surface area (Å²) in [5, 5.41) is 25.3. The van der Waals surface area contributed by atoms with Gasteiger partial charge in [0.15, 0.2) is 5.75 Å². The molecular weight excluding hydrogens is 380 g/mol. The smallest absolute Gasteiger partial charge is 0.329 e. The summed E-state index contributed by atoms with van der Waals surface area (Å²) in [6, 6.07) is 9.75. The van der Waals surface area contributed by atoms with Gasteiger partial charge < -0.3 is 15.7 Å². The normalized spacial score (nSPS) is 14.8. The number of aromatic hydroxyl groups is 1. The molecule has 0 radical (unpaired) electrons. The Hall–Kier alpha value is -4.21. The Bertz CT molecular complexity index is 1050. The topological polar surface area (TPSA) is 142 Å². The molecule has 1 aliphatic heterocycles. The molecule has 0 aliphatic carbocycles. The van der Waals surface area contributed by atoms with Gasteiger partial charge in [-0.2, -0.15) is 0 Å². The summed E-state index contributed by atoms with van der Waals surface area (Å²) in [5.74, 6) is -1.82. The number of rotatable bonds is 5. The molecule has 0 aromatic heterocycles. The molecule has 10 nitrogen and oxygen atoms in total. The fourth-order valence-corrected chi connectivity index (χ4v) is 2.64. The van der Waals surface area contributed by atoms with Gasteiger partial charge >= 0.3 is 11.7 Å². The lowest BCUT2D eigenvalue weighted by Crippen LogP contribution is -2.38. The fourth-order valence-electron chi connectivity index (χ4n) is 2.64. The average molecular weight is 396 g/mol. The number of aryl methyl sites for hydroxylation is 1. The molecule has 0 bridgehead atoms. The van der Waals surface area contributed by atoms with Crippen molar-refractivity contribution in [2.75, 3.05) is 11.9 Å². The number of nitrogens with zero attached hydrogens (tertiary/aromatic N) is 2. The van der Waals surface area contributed by atoms with Gasteiger partial charge in [0.1, 0.15) is 12.2 Å². The van der Waals surface area contributed by atoms with Crippen LogP contribution in [0.1, 0.15) is 11.1 Å². The van der Waals surface area contributed by atoms with Gasteiger partial charge in [-0.1, -0.05) is 23.8 Å². The van der Waals surface area contributed by atoms with E-state index in [9.17, 15) is 29.6 Å². The maximum atomic E-state index is 12.4. The molecule has 3 rings (SSSR count). The molecule has 2 aromatic carbocycles. The zero-order valence-electron chi connectivity index (χ0n) is 15.2. The zero-order valence-corrected chi connectivity index (χ0v) is 15.2. The third-order valence-corrected chi connectivity index (χ3v) is 4.11. The van der Waals surface area contributed by atoms with Crippen LogP contribution in [-0.2, 0) is 9.59 Å². The van der Waals surface area contributed by atoms with Crippen LogP contribution in [-0.4, -0.2) is 39.3 Å². The third-order valence-electron chi connectivity index (χ3n) is 4.11. The first-order valence-electron chi connectivity index (χ1n) is 8.43. The maximum absolute atomic E-state index is 12.4. The molecule has 0 unspecified atom stereocenters. The molecule has 0 saturated carbocycles. The van der Waals surface area contributed by atoms with Crippen LogP contribution in [0.4, 0.5) is 16.2 Å². The highest BCUT2D eigenvalue weighted by Gasteiger charge is 2.35. The molecule has 1 saturated heterocycles. The number of hydrogen-bond donors (Lipinski definition) is 3. The van der Waals surface area contributed by atoms with E-state index in [2.05, 4.69) is 10.6 Å². The number of carbonyl (C=O) groups excluding carboxylic acids is 3. The van der Waals surface area contributed by atoms with Crippen molar-refractivity contribution in [3.63, 3.8) is 0 Å². The van der Waals surface area contributed by atoms with Crippen molar-refractivity contribution in [1.29, 1.82) is 0 Å². The molecule has 1 aliphatic rings. The SMILES string of the molecule is Cc1ccc(NC(=O)CN2C(=O)N/C(=C\c3ccc(O)c([N+](=O)[O-])c3)C2=O)cc1. The quantitative estimate of drug-likeness (QED) is 0.306. The van der Waals surface area contributed by atoms with Crippen LogP contribution < -0.4 is 10.6 Å². The number of nitro groups is 1. The molecule has 1 heterocycles. The Kier molecular flexibility index (Phi) is 5.26. The summed E-state index contributed by atoms with van der Waals surface area (Å²) < 4.78 is 0. The Morgan fingerprint density at radius 3 is 2.59 bits per heavy atom. The summed E-state index contributed by atoms with van der Waals surface area (Å²) in [6.07, 6.45) is 1.23. The number of phenols is 1. The van der Waals surface area contributed by atoms with Crippen LogP contribution >= 0.6 is 0 Å². The van der Waals surface area contributed by atoms with E-state index < -0.39 is 40.8 Å². The van der Waals surface area contributed by atoms with E-state index in [0.717, 1.165) is 22.6 Å². The number of imide groups is 1. The number of phenolic OH excluding ortho intramolecular Hbond substituents is 1. The van der Waals surface area contributed by atoms with Crippen molar-refractivity contribution in [2.24, 2.45) is 0 Å². The Morgan fingerprint density at radius 2 is 1.93 bits per heavy atom. The molecular formula is C19H16N4O6. The summed E-state index contributed by atoms with van der Waals surface area (Å²) in [7, 11) is 0. The van der Waals surface area contributed by atoms with E-state index in [1.54, 1.807) is 24.3 Å². The molecule has 0 atom stereocenters. The van der Waals surface area contributed by atoms with Crippen LogP contribution in [0.3, 0.4) is 0 Å². The minimum Gasteiger partial charge on any atom is -0.502 e. The van der Waals surface area contributed by atoms with Gasteiger partial charge in [-0.25, -0.2) is 9.69 Å². The van der Waals surface area contributed by atoms with Gasteiger partial charge in [-0.05, 0) is 36.8 Å². The Morgan fingerprint density at radius 1 is 1.24 bits per heavy atom. The standard InChI is InChI=1S/C19H16N4O6/c1-11-2-5-13(6-3-11)20-17(25)10-22-18(26)14(21-19(22)27)8-12-4-7-16(24)15(9-12)23(28)29/h2-9,24H,10H2,1H3,(H,20,25)(H,21,27)/b14-8-. The summed E-state index contributed by atoms with van der Waals surface area (Å²) in [4.78, 5) is 47.5. The van der Waals surface area contributed by atoms with Crippen molar-refractivity contribution >= 4 is 35.3 Å². The molecule has 29 heavy (non-hydrogen) atoms. The van der Waals surface area contributed by atoms with Crippen molar-refractivity contribution in [1.82, 2.24) is 10.2 Å². The summed E-state index contributed by atoms with van der Waals surface area (Å²) >= 11 is 0. The first-order valence-corrected chi connectivity index (χ1v) is 8.43. The predicted molar refractivity (Wildman–Crippen MR) is 103 cm³/mol. The number of hydrogen-bond acceptors (Lipinski definition) is 6. The minimum atomic E-state index is -0.784. The number of nitrogens with one attached hydrogen (secondary N) is 2. The van der Waals surface area contributed by atoms with Gasteiger partial charge in [0.25, 0.3) is 5.91 Å². The first-order chi connectivity index (χ1) is 13.7. The van der Waals surface area contributed by atoms with Gasteiger partial charge in [-0.3, -0.25) is 19.7 Å². The summed E-state index contributed by atoms with van der Waals surface area (Å²) in [5.41, 5.74) is 1.09. The van der Waals surface area contributed by atoms with E-state index in [1.807, 2.05) is 6.92 Å². The second-order valence-electron chi connectivity index (χ2n) is 6.30. The number of benzene rings is 2. The highest BCUT2D eigenvalue weighted by atomic mass is 16.6. The number of anilines is 1. The first kappa shape index (κ1) is 19.5. The van der Waals surface area contributed by atoms with Crippen LogP contribution in [0.5, 0.6) is 5.75 Å². The number of urea groups is 1. The van der Waals surface area contributed by atoms with E-state index in [4.69, 9.17) is 0 Å². The zero-order chi connectivity index (χ0) is 21.1. The largest absolute Gasteiger partial charge is 0.502 e. The van der Waals surface area contributed by atoms with Crippen LogP contribution in [0.2, 0.25) is 0 Å². The third kappa shape index (κ3) is 4.38. The van der Waals surface area contributed by atoms with E-state index >= 15 is 0 Å². The number of carbonyl (C=O) groups is 3. The van der Waals surface area contributed by atoms with Crippen molar-refractivity contribution < 1.29 is 24.4 Å². The summed E-state index contributed by atoms with van der Waals surface area (Å²) in [6.45, 7) is 1.40. The van der Waals surface area contributed by atoms with E-state index in [1.165, 1.54) is 12.1 Å². The lowest BCUT2D eigenvalue weighted by atomic mass is 10.1. The van der Waals surface area contributed by atoms with Crippen LogP contribution in [0.15, 0.2) is 48.2 Å². The number of nitro benzene ring substituents is 1. The molecule has 4 amide bonds. The lowest BCUT2D eigenvalue weighted by molar-refractivity contribution is -0.385. The van der Waals surface area contributed by atoms with Crippen LogP contribution in [0, 0.1) is 17.0 Å². The molecule has 2 aromatic rings. The van der Waals surface area contributed by atoms with Crippen LogP contribution in [0.25, 0.3) is 6.08 Å². The molecule has 148 valence electrons. The second kappa shape index (κ2) is 7.80. The van der Waals surface area contributed by atoms with Crippen molar-refractivity contribution in [3.05, 3.63) is 69.4 Å². The second-order valence-corrected chi connectivity index (χ2v) is 6.30. The number of amides is 4. The van der Waals surface area contributed by atoms with Gasteiger partial charge in [0.2, 0.25) is 5.91 Å². The molecule has 10 heteroatoms. The van der Waals surface area contributed by atoms with E-state index in [0.29, 0.717) is 5.69 Å². The highest BCUT2D eigenvalue weighted by Crippen LogP contribution is 2.27. The minimum absolute atomic E-state index is 0.141. The van der Waals surface area contributed by atoms with Gasteiger partial charge in [0, 0.05) is 11.8 Å². The van der Waals surface area contributed by atoms with E-state index in [-0.39, 0.29) is 11.3 Å². The predicted octanol–water partition coefficient (Wildman–Crippen LogP) is 2.14. The average Bonchev–Trinajstić information content (AvgIpc) is 2.92. The highest BCUT2D eigenvalue weighted by molar-refractivity contribution is 6.15. The van der Waals surface area contributed by atoms with Crippen molar-refractivity contribution in [2.45, 2.75) is 6.92 Å². The lowest BCUT2D eigenvalue weighted by Gasteiger charge is -2.12. The maximum Gasteiger partial charge on any atom is 0.329 e. The van der Waals surface area contributed by atoms with Gasteiger partial charge in [-0.15, -0.1) is 0 Å². The Balaban J connectivity index is 1.73. The molecule has 0 spiro atoms.